The lowest BCUT2D eigenvalue weighted by Gasteiger charge is -2.34. The van der Waals surface area contributed by atoms with E-state index >= 15 is 0 Å². The SMILES string of the molecule is COCC(C=O)N1CCC1. The van der Waals surface area contributed by atoms with E-state index in [-0.39, 0.29) is 6.04 Å². The van der Waals surface area contributed by atoms with Gasteiger partial charge in [0.1, 0.15) is 6.29 Å². The fourth-order valence-corrected chi connectivity index (χ4v) is 1.07. The van der Waals surface area contributed by atoms with Gasteiger partial charge in [-0.2, -0.15) is 0 Å². The van der Waals surface area contributed by atoms with Crippen LogP contribution in [0.2, 0.25) is 0 Å². The minimum atomic E-state index is -0.00116. The van der Waals surface area contributed by atoms with Crippen molar-refractivity contribution in [1.82, 2.24) is 4.90 Å². The lowest BCUT2D eigenvalue weighted by atomic mass is 10.1. The molecular formula is C7H13NO2. The zero-order valence-corrected chi connectivity index (χ0v) is 6.25. The van der Waals surface area contributed by atoms with Crippen LogP contribution in [-0.2, 0) is 9.53 Å². The highest BCUT2D eigenvalue weighted by atomic mass is 16.5. The number of hydrogen-bond donors (Lipinski definition) is 0. The van der Waals surface area contributed by atoms with Crippen LogP contribution in [0, 0.1) is 0 Å². The van der Waals surface area contributed by atoms with Crippen molar-refractivity contribution in [2.24, 2.45) is 0 Å². The first-order valence-corrected chi connectivity index (χ1v) is 3.56. The molecule has 0 radical (unpaired) electrons. The number of methoxy groups -OCH3 is 1. The highest BCUT2D eigenvalue weighted by molar-refractivity contribution is 5.57. The topological polar surface area (TPSA) is 29.5 Å². The van der Waals surface area contributed by atoms with E-state index in [0.29, 0.717) is 6.61 Å². The fourth-order valence-electron chi connectivity index (χ4n) is 1.07. The number of likely N-dealkylation sites (tertiary alicyclic amines) is 1. The summed E-state index contributed by atoms with van der Waals surface area (Å²) < 4.78 is 4.88. The largest absolute Gasteiger partial charge is 0.383 e. The number of carbonyl (C=O) groups excluding carboxylic acids is 1. The van der Waals surface area contributed by atoms with Crippen molar-refractivity contribution >= 4 is 6.29 Å². The number of nitrogens with zero attached hydrogens (tertiary/aromatic N) is 1. The number of ether oxygens (including phenoxy) is 1. The molecule has 1 atom stereocenters. The Balaban J connectivity index is 2.24. The van der Waals surface area contributed by atoms with Crippen molar-refractivity contribution < 1.29 is 9.53 Å². The predicted octanol–water partition coefficient (Wildman–Crippen LogP) is -0.0940. The molecular weight excluding hydrogens is 130 g/mol. The van der Waals surface area contributed by atoms with E-state index in [1.165, 1.54) is 6.42 Å². The molecule has 1 aliphatic rings. The number of carbonyl (C=O) groups is 1. The monoisotopic (exact) mass is 143 g/mol. The molecule has 1 rings (SSSR count). The maximum Gasteiger partial charge on any atom is 0.139 e. The quantitative estimate of drug-likeness (QED) is 0.515. The zero-order chi connectivity index (χ0) is 7.40. The summed E-state index contributed by atoms with van der Waals surface area (Å²) in [5, 5.41) is 0. The van der Waals surface area contributed by atoms with Gasteiger partial charge in [-0.3, -0.25) is 4.90 Å². The van der Waals surface area contributed by atoms with E-state index < -0.39 is 0 Å². The maximum absolute atomic E-state index is 10.4. The van der Waals surface area contributed by atoms with Gasteiger partial charge in [0.05, 0.1) is 12.6 Å². The highest BCUT2D eigenvalue weighted by Crippen LogP contribution is 2.09. The number of aldehydes is 1. The van der Waals surface area contributed by atoms with Crippen molar-refractivity contribution in [3.63, 3.8) is 0 Å². The summed E-state index contributed by atoms with van der Waals surface area (Å²) in [4.78, 5) is 12.5. The summed E-state index contributed by atoms with van der Waals surface area (Å²) in [6.45, 7) is 2.63. The van der Waals surface area contributed by atoms with Gasteiger partial charge in [0.15, 0.2) is 0 Å². The first kappa shape index (κ1) is 7.69. The third-order valence-electron chi connectivity index (χ3n) is 1.85. The normalized spacial score (nSPS) is 21.7. The summed E-state index contributed by atoms with van der Waals surface area (Å²) in [5.74, 6) is 0. The van der Waals surface area contributed by atoms with E-state index in [1.807, 2.05) is 0 Å². The second kappa shape index (κ2) is 3.68. The van der Waals surface area contributed by atoms with Gasteiger partial charge in [0, 0.05) is 20.2 Å². The first-order chi connectivity index (χ1) is 4.88. The van der Waals surface area contributed by atoms with Crippen LogP contribution in [0.3, 0.4) is 0 Å². The van der Waals surface area contributed by atoms with Gasteiger partial charge in [-0.1, -0.05) is 0 Å². The molecule has 0 spiro atoms. The van der Waals surface area contributed by atoms with E-state index in [0.717, 1.165) is 19.4 Å². The molecule has 58 valence electrons. The molecule has 3 heteroatoms. The van der Waals surface area contributed by atoms with Crippen LogP contribution in [0.4, 0.5) is 0 Å². The Kier molecular flexibility index (Phi) is 2.83. The van der Waals surface area contributed by atoms with Crippen LogP contribution in [0.15, 0.2) is 0 Å². The summed E-state index contributed by atoms with van der Waals surface area (Å²) >= 11 is 0. The average Bonchev–Trinajstić information content (AvgIpc) is 1.83. The number of hydrogen-bond acceptors (Lipinski definition) is 3. The summed E-state index contributed by atoms with van der Waals surface area (Å²) in [7, 11) is 1.62. The van der Waals surface area contributed by atoms with Crippen LogP contribution in [0.5, 0.6) is 0 Å². The molecule has 1 heterocycles. The molecule has 1 fully saturated rings. The summed E-state index contributed by atoms with van der Waals surface area (Å²) in [6, 6.07) is -0.00116. The second-order valence-electron chi connectivity index (χ2n) is 2.55. The Morgan fingerprint density at radius 3 is 2.70 bits per heavy atom. The lowest BCUT2D eigenvalue weighted by Crippen LogP contribution is -2.48. The molecule has 0 saturated carbocycles. The zero-order valence-electron chi connectivity index (χ0n) is 6.25. The first-order valence-electron chi connectivity index (χ1n) is 3.56. The van der Waals surface area contributed by atoms with Gasteiger partial charge >= 0.3 is 0 Å². The molecule has 0 aromatic carbocycles. The smallest absolute Gasteiger partial charge is 0.139 e. The third kappa shape index (κ3) is 1.55. The molecule has 10 heavy (non-hydrogen) atoms. The molecule has 0 aromatic heterocycles. The van der Waals surface area contributed by atoms with Gasteiger partial charge < -0.3 is 9.53 Å². The van der Waals surface area contributed by atoms with E-state index in [1.54, 1.807) is 7.11 Å². The van der Waals surface area contributed by atoms with Crippen LogP contribution < -0.4 is 0 Å². The Morgan fingerprint density at radius 1 is 1.70 bits per heavy atom. The van der Waals surface area contributed by atoms with Gasteiger partial charge in [-0.05, 0) is 6.42 Å². The van der Waals surface area contributed by atoms with Crippen molar-refractivity contribution in [1.29, 1.82) is 0 Å². The standard InChI is InChI=1S/C7H13NO2/c1-10-6-7(5-9)8-3-2-4-8/h5,7H,2-4,6H2,1H3. The van der Waals surface area contributed by atoms with Crippen molar-refractivity contribution in [2.45, 2.75) is 12.5 Å². The molecule has 0 aromatic rings. The minimum absolute atomic E-state index is 0.00116. The van der Waals surface area contributed by atoms with Crippen LogP contribution in [0.1, 0.15) is 6.42 Å². The lowest BCUT2D eigenvalue weighted by molar-refractivity contribution is -0.115. The predicted molar refractivity (Wildman–Crippen MR) is 37.9 cm³/mol. The van der Waals surface area contributed by atoms with Crippen LogP contribution >= 0.6 is 0 Å². The highest BCUT2D eigenvalue weighted by Gasteiger charge is 2.22. The molecule has 1 saturated heterocycles. The molecule has 0 bridgehead atoms. The van der Waals surface area contributed by atoms with Crippen molar-refractivity contribution in [3.05, 3.63) is 0 Å². The summed E-state index contributed by atoms with van der Waals surface area (Å²) in [5.41, 5.74) is 0. The van der Waals surface area contributed by atoms with E-state index in [2.05, 4.69) is 4.90 Å². The third-order valence-corrected chi connectivity index (χ3v) is 1.85. The molecule has 1 unspecified atom stereocenters. The van der Waals surface area contributed by atoms with Crippen LogP contribution in [0.25, 0.3) is 0 Å². The Bertz CT molecular complexity index is 112. The molecule has 0 aliphatic carbocycles. The number of rotatable bonds is 4. The molecule has 3 nitrogen and oxygen atoms in total. The minimum Gasteiger partial charge on any atom is -0.383 e. The van der Waals surface area contributed by atoms with E-state index in [4.69, 9.17) is 4.74 Å². The van der Waals surface area contributed by atoms with Gasteiger partial charge in [0.25, 0.3) is 0 Å². The van der Waals surface area contributed by atoms with Crippen LogP contribution in [-0.4, -0.2) is 44.0 Å². The van der Waals surface area contributed by atoms with Crippen molar-refractivity contribution in [2.75, 3.05) is 26.8 Å². The molecule has 1 aliphatic heterocycles. The second-order valence-corrected chi connectivity index (χ2v) is 2.55. The summed E-state index contributed by atoms with van der Waals surface area (Å²) in [6.07, 6.45) is 2.18. The maximum atomic E-state index is 10.4. The van der Waals surface area contributed by atoms with Gasteiger partial charge in [-0.25, -0.2) is 0 Å². The Hall–Kier alpha value is -0.410. The van der Waals surface area contributed by atoms with Gasteiger partial charge in [-0.15, -0.1) is 0 Å². The molecule has 0 amide bonds. The van der Waals surface area contributed by atoms with Gasteiger partial charge in [0.2, 0.25) is 0 Å². The average molecular weight is 143 g/mol. The van der Waals surface area contributed by atoms with Crippen molar-refractivity contribution in [3.8, 4) is 0 Å². The fraction of sp³-hybridized carbons (Fsp3) is 0.857. The van der Waals surface area contributed by atoms with E-state index in [9.17, 15) is 4.79 Å². The molecule has 0 N–H and O–H groups in total. The Labute approximate surface area is 61.0 Å². The Morgan fingerprint density at radius 2 is 2.40 bits per heavy atom.